The Kier molecular flexibility index (Phi) is 3.67. The minimum Gasteiger partial charge on any atom is -0.365 e. The fraction of sp³-hybridized carbons (Fsp3) is 0.357. The lowest BCUT2D eigenvalue weighted by molar-refractivity contribution is 1.02. The van der Waals surface area contributed by atoms with Crippen LogP contribution in [0, 0.1) is 13.8 Å². The Morgan fingerprint density at radius 2 is 2.10 bits per heavy atom. The van der Waals surface area contributed by atoms with Crippen molar-refractivity contribution in [3.63, 3.8) is 0 Å². The minimum absolute atomic E-state index is 0. The van der Waals surface area contributed by atoms with Gasteiger partial charge in [-0.3, -0.25) is 0 Å². The third kappa shape index (κ3) is 2.33. The highest BCUT2D eigenvalue weighted by atomic mass is 35.5. The van der Waals surface area contributed by atoms with E-state index in [0.717, 1.165) is 42.4 Å². The number of hydrogen-bond acceptors (Lipinski definition) is 5. The number of aromatic nitrogens is 3. The first kappa shape index (κ1) is 14.8. The topological polar surface area (TPSA) is 50.7 Å². The first-order valence-electron chi connectivity index (χ1n) is 6.62. The van der Waals surface area contributed by atoms with Crippen LogP contribution in [0.2, 0.25) is 5.02 Å². The second kappa shape index (κ2) is 5.23. The van der Waals surface area contributed by atoms with Gasteiger partial charge in [-0.1, -0.05) is 11.6 Å². The lowest BCUT2D eigenvalue weighted by atomic mass is 10.1. The molecule has 7 heteroatoms. The third-order valence-corrected chi connectivity index (χ3v) is 5.36. The van der Waals surface area contributed by atoms with Gasteiger partial charge in [-0.2, -0.15) is 5.10 Å². The van der Waals surface area contributed by atoms with Crippen LogP contribution in [0.5, 0.6) is 0 Å². The molecule has 1 aliphatic carbocycles. The second-order valence-corrected chi connectivity index (χ2v) is 6.65. The molecule has 3 aromatic rings. The highest BCUT2D eigenvalue weighted by Crippen LogP contribution is 2.40. The van der Waals surface area contributed by atoms with E-state index < -0.39 is 0 Å². The van der Waals surface area contributed by atoms with E-state index in [9.17, 15) is 0 Å². The van der Waals surface area contributed by atoms with Gasteiger partial charge in [-0.25, -0.2) is 4.98 Å². The summed E-state index contributed by atoms with van der Waals surface area (Å²) in [6, 6.07) is 0.555. The number of hydrogen-bond donors (Lipinski definition) is 1. The number of fused-ring (bicyclic) bond motifs is 3. The van der Waals surface area contributed by atoms with E-state index in [4.69, 9.17) is 11.6 Å². The highest BCUT2D eigenvalue weighted by Gasteiger charge is 2.24. The average molecular weight is 341 g/mol. The molecule has 3 aromatic heterocycles. The van der Waals surface area contributed by atoms with Gasteiger partial charge in [0.15, 0.2) is 5.82 Å². The lowest BCUT2D eigenvalue weighted by Gasteiger charge is -2.04. The van der Waals surface area contributed by atoms with E-state index in [2.05, 4.69) is 20.5 Å². The standard InChI is InChI=1S/C14H13ClN4S.ClH/c1-6-10-9-5-16-19-13(18-8-3-4-8)12(9)20-14(10)17-7(2)11(6)15;/h5,8H,3-4H2,1-2H3,(H,18,19);1H. The maximum atomic E-state index is 6.34. The van der Waals surface area contributed by atoms with E-state index in [0.29, 0.717) is 6.04 Å². The summed E-state index contributed by atoms with van der Waals surface area (Å²) >= 11 is 8.00. The fourth-order valence-corrected chi connectivity index (χ4v) is 3.80. The number of aryl methyl sites for hydroxylation is 2. The molecule has 1 aliphatic rings. The van der Waals surface area contributed by atoms with Crippen LogP contribution >= 0.6 is 35.3 Å². The summed E-state index contributed by atoms with van der Waals surface area (Å²) in [6.07, 6.45) is 4.24. The molecule has 0 unspecified atom stereocenters. The molecule has 0 atom stereocenters. The van der Waals surface area contributed by atoms with Crippen molar-refractivity contribution in [2.45, 2.75) is 32.7 Å². The molecule has 0 amide bonds. The van der Waals surface area contributed by atoms with Crippen molar-refractivity contribution < 1.29 is 0 Å². The number of nitrogens with one attached hydrogen (secondary N) is 1. The van der Waals surface area contributed by atoms with E-state index >= 15 is 0 Å². The predicted molar refractivity (Wildman–Crippen MR) is 91.1 cm³/mol. The number of thiophene rings is 1. The van der Waals surface area contributed by atoms with Crippen molar-refractivity contribution in [3.8, 4) is 0 Å². The first-order chi connectivity index (χ1) is 9.65. The van der Waals surface area contributed by atoms with E-state index in [-0.39, 0.29) is 12.4 Å². The van der Waals surface area contributed by atoms with Gasteiger partial charge in [0.05, 0.1) is 21.6 Å². The van der Waals surface area contributed by atoms with E-state index in [1.807, 2.05) is 20.0 Å². The van der Waals surface area contributed by atoms with Crippen LogP contribution < -0.4 is 5.32 Å². The zero-order valence-electron chi connectivity index (χ0n) is 11.6. The summed E-state index contributed by atoms with van der Waals surface area (Å²) in [7, 11) is 0. The van der Waals surface area contributed by atoms with E-state index in [1.54, 1.807) is 11.3 Å². The summed E-state index contributed by atoms with van der Waals surface area (Å²) in [5, 5.41) is 14.8. The molecule has 0 spiro atoms. The van der Waals surface area contributed by atoms with Crippen molar-refractivity contribution in [1.29, 1.82) is 0 Å². The molecule has 1 N–H and O–H groups in total. The van der Waals surface area contributed by atoms with Crippen LogP contribution in [0.3, 0.4) is 0 Å². The number of anilines is 1. The Balaban J connectivity index is 0.00000132. The molecular formula is C14H14Cl2N4S. The van der Waals surface area contributed by atoms with Crippen molar-refractivity contribution in [2.75, 3.05) is 5.32 Å². The second-order valence-electron chi connectivity index (χ2n) is 5.27. The maximum absolute atomic E-state index is 6.34. The van der Waals surface area contributed by atoms with Gasteiger partial charge in [0.1, 0.15) is 4.83 Å². The van der Waals surface area contributed by atoms with Crippen LogP contribution in [-0.4, -0.2) is 21.2 Å². The molecule has 21 heavy (non-hydrogen) atoms. The molecule has 1 fully saturated rings. The van der Waals surface area contributed by atoms with Crippen LogP contribution in [0.15, 0.2) is 6.20 Å². The Bertz CT molecular complexity index is 842. The van der Waals surface area contributed by atoms with Gasteiger partial charge in [0.2, 0.25) is 0 Å². The fourth-order valence-electron chi connectivity index (χ4n) is 2.46. The molecule has 4 rings (SSSR count). The SMILES string of the molecule is Cc1nc2sc3c(NC4CC4)nncc3c2c(C)c1Cl.Cl. The third-order valence-electron chi connectivity index (χ3n) is 3.70. The highest BCUT2D eigenvalue weighted by molar-refractivity contribution is 7.26. The van der Waals surface area contributed by atoms with Crippen molar-refractivity contribution in [2.24, 2.45) is 0 Å². The maximum Gasteiger partial charge on any atom is 0.167 e. The predicted octanol–water partition coefficient (Wildman–Crippen LogP) is 4.51. The van der Waals surface area contributed by atoms with Crippen molar-refractivity contribution in [3.05, 3.63) is 22.5 Å². The Labute approximate surface area is 137 Å². The van der Waals surface area contributed by atoms with Crippen LogP contribution in [0.25, 0.3) is 20.3 Å². The first-order valence-corrected chi connectivity index (χ1v) is 7.81. The quantitative estimate of drug-likeness (QED) is 0.745. The molecule has 1 saturated carbocycles. The molecule has 0 aromatic carbocycles. The Morgan fingerprint density at radius 1 is 1.33 bits per heavy atom. The van der Waals surface area contributed by atoms with Crippen molar-refractivity contribution in [1.82, 2.24) is 15.2 Å². The number of rotatable bonds is 2. The molecule has 0 aliphatic heterocycles. The molecular weight excluding hydrogens is 327 g/mol. The summed E-state index contributed by atoms with van der Waals surface area (Å²) in [6.45, 7) is 3.99. The van der Waals surface area contributed by atoms with Gasteiger partial charge in [0.25, 0.3) is 0 Å². The summed E-state index contributed by atoms with van der Waals surface area (Å²) in [5.74, 6) is 0.876. The summed E-state index contributed by atoms with van der Waals surface area (Å²) < 4.78 is 1.12. The average Bonchev–Trinajstić information content (AvgIpc) is 3.16. The number of halogens is 2. The number of nitrogens with zero attached hydrogens (tertiary/aromatic N) is 3. The number of pyridine rings is 1. The van der Waals surface area contributed by atoms with Gasteiger partial charge in [0, 0.05) is 16.8 Å². The normalized spacial score (nSPS) is 14.4. The molecule has 4 nitrogen and oxygen atoms in total. The van der Waals surface area contributed by atoms with Crippen LogP contribution in [-0.2, 0) is 0 Å². The molecule has 0 saturated heterocycles. The van der Waals surface area contributed by atoms with Gasteiger partial charge in [-0.15, -0.1) is 28.8 Å². The Morgan fingerprint density at radius 3 is 2.81 bits per heavy atom. The van der Waals surface area contributed by atoms with Gasteiger partial charge < -0.3 is 5.32 Å². The zero-order chi connectivity index (χ0) is 13.9. The molecule has 0 bridgehead atoms. The minimum atomic E-state index is 0. The smallest absolute Gasteiger partial charge is 0.167 e. The summed E-state index contributed by atoms with van der Waals surface area (Å²) in [5.41, 5.74) is 1.95. The molecule has 110 valence electrons. The van der Waals surface area contributed by atoms with Crippen molar-refractivity contribution >= 4 is 61.5 Å². The van der Waals surface area contributed by atoms with Gasteiger partial charge >= 0.3 is 0 Å². The molecule has 0 radical (unpaired) electrons. The Hall–Kier alpha value is -1.17. The van der Waals surface area contributed by atoms with Gasteiger partial charge in [-0.05, 0) is 32.3 Å². The zero-order valence-corrected chi connectivity index (χ0v) is 14.0. The summed E-state index contributed by atoms with van der Waals surface area (Å²) in [4.78, 5) is 5.62. The largest absolute Gasteiger partial charge is 0.365 e. The lowest BCUT2D eigenvalue weighted by Crippen LogP contribution is -2.03. The van der Waals surface area contributed by atoms with Crippen LogP contribution in [0.4, 0.5) is 5.82 Å². The van der Waals surface area contributed by atoms with Crippen LogP contribution in [0.1, 0.15) is 24.1 Å². The molecule has 3 heterocycles. The monoisotopic (exact) mass is 340 g/mol. The van der Waals surface area contributed by atoms with E-state index in [1.165, 1.54) is 12.8 Å².